The van der Waals surface area contributed by atoms with Gasteiger partial charge in [0.25, 0.3) is 0 Å². The maximum Gasteiger partial charge on any atom is 0.0641 e. The number of hydrogen-bond acceptors (Lipinski definition) is 0. The van der Waals surface area contributed by atoms with Crippen molar-refractivity contribution in [3.8, 4) is 16.8 Å². The van der Waals surface area contributed by atoms with Gasteiger partial charge in [0.1, 0.15) is 0 Å². The molecule has 0 amide bonds. The van der Waals surface area contributed by atoms with Crippen molar-refractivity contribution in [1.29, 1.82) is 0 Å². The van der Waals surface area contributed by atoms with Crippen molar-refractivity contribution >= 4 is 43.6 Å². The normalized spacial score (nSPS) is 11.8. The minimum atomic E-state index is 1.19. The molecule has 0 spiro atoms. The Labute approximate surface area is 191 Å². The Morgan fingerprint density at radius 2 is 1.15 bits per heavy atom. The predicted molar refractivity (Wildman–Crippen MR) is 140 cm³/mol. The van der Waals surface area contributed by atoms with Gasteiger partial charge in [-0.15, -0.1) is 0 Å². The zero-order valence-corrected chi connectivity index (χ0v) is 18.4. The molecule has 156 valence electrons. The highest BCUT2D eigenvalue weighted by molar-refractivity contribution is 6.28. The fraction of sp³-hybridized carbons (Fsp3) is 0.0323. The molecule has 0 fully saturated rings. The summed E-state index contributed by atoms with van der Waals surface area (Å²) in [5, 5.41) is 5.20. The second-order valence-corrected chi connectivity index (χ2v) is 8.67. The summed E-state index contributed by atoms with van der Waals surface area (Å²) in [5.74, 6) is 0. The molecule has 0 saturated carbocycles. The van der Waals surface area contributed by atoms with Crippen molar-refractivity contribution in [2.75, 3.05) is 0 Å². The SMILES string of the molecule is Cn1c2cccc(-c3ccccc3)c2c2c1ccc1c3ccccc3n(-c3ccccc3)c12. The number of para-hydroxylation sites is 2. The van der Waals surface area contributed by atoms with Gasteiger partial charge in [-0.25, -0.2) is 0 Å². The lowest BCUT2D eigenvalue weighted by Gasteiger charge is -2.10. The molecule has 7 rings (SSSR count). The van der Waals surface area contributed by atoms with E-state index in [9.17, 15) is 0 Å². The van der Waals surface area contributed by atoms with Crippen molar-refractivity contribution in [3.63, 3.8) is 0 Å². The number of nitrogens with zero attached hydrogens (tertiary/aromatic N) is 2. The molecule has 2 nitrogen and oxygen atoms in total. The van der Waals surface area contributed by atoms with Gasteiger partial charge in [0, 0.05) is 39.8 Å². The average Bonchev–Trinajstić information content (AvgIpc) is 3.37. The van der Waals surface area contributed by atoms with Gasteiger partial charge in [0.15, 0.2) is 0 Å². The van der Waals surface area contributed by atoms with Crippen LogP contribution in [0.1, 0.15) is 0 Å². The Hall–Kier alpha value is -4.30. The van der Waals surface area contributed by atoms with Gasteiger partial charge in [-0.1, -0.05) is 84.9 Å². The summed E-state index contributed by atoms with van der Waals surface area (Å²) in [7, 11) is 2.18. The first-order valence-electron chi connectivity index (χ1n) is 11.4. The van der Waals surface area contributed by atoms with E-state index in [1.165, 1.54) is 60.4 Å². The van der Waals surface area contributed by atoms with Gasteiger partial charge in [-0.05, 0) is 41.5 Å². The van der Waals surface area contributed by atoms with Crippen molar-refractivity contribution in [1.82, 2.24) is 9.13 Å². The standard InChI is InChI=1S/C31H22N2/c1-32-27-18-10-16-23(21-11-4-2-5-12-21)29(27)30-28(32)20-19-25-24-15-8-9-17-26(24)33(31(25)30)22-13-6-3-7-14-22/h2-20H,1H3. The Morgan fingerprint density at radius 3 is 1.97 bits per heavy atom. The fourth-order valence-electron chi connectivity index (χ4n) is 5.49. The van der Waals surface area contributed by atoms with Crippen LogP contribution in [0.15, 0.2) is 115 Å². The molecule has 0 atom stereocenters. The topological polar surface area (TPSA) is 9.86 Å². The van der Waals surface area contributed by atoms with Crippen LogP contribution in [0.3, 0.4) is 0 Å². The number of hydrogen-bond donors (Lipinski definition) is 0. The second kappa shape index (κ2) is 6.85. The van der Waals surface area contributed by atoms with Crippen LogP contribution in [0.25, 0.3) is 60.4 Å². The van der Waals surface area contributed by atoms with E-state index < -0.39 is 0 Å². The number of rotatable bonds is 2. The highest BCUT2D eigenvalue weighted by atomic mass is 15.0. The summed E-state index contributed by atoms with van der Waals surface area (Å²) in [6.45, 7) is 0. The lowest BCUT2D eigenvalue weighted by molar-refractivity contribution is 1.01. The van der Waals surface area contributed by atoms with Gasteiger partial charge in [-0.2, -0.15) is 0 Å². The minimum Gasteiger partial charge on any atom is -0.344 e. The van der Waals surface area contributed by atoms with Gasteiger partial charge in [-0.3, -0.25) is 0 Å². The summed E-state index contributed by atoms with van der Waals surface area (Å²) >= 11 is 0. The van der Waals surface area contributed by atoms with E-state index in [1.54, 1.807) is 0 Å². The largest absolute Gasteiger partial charge is 0.344 e. The van der Waals surface area contributed by atoms with Crippen LogP contribution in [0.2, 0.25) is 0 Å². The molecule has 2 heterocycles. The van der Waals surface area contributed by atoms with Gasteiger partial charge in [0.2, 0.25) is 0 Å². The van der Waals surface area contributed by atoms with Crippen molar-refractivity contribution < 1.29 is 0 Å². The summed E-state index contributed by atoms with van der Waals surface area (Å²) in [5.41, 5.74) is 8.72. The van der Waals surface area contributed by atoms with Gasteiger partial charge in [0.05, 0.1) is 16.6 Å². The molecule has 0 radical (unpaired) electrons. The van der Waals surface area contributed by atoms with Crippen LogP contribution in [0, 0.1) is 0 Å². The number of fused-ring (bicyclic) bond motifs is 7. The molecular formula is C31H22N2. The molecular weight excluding hydrogens is 400 g/mol. The first-order chi connectivity index (χ1) is 16.3. The molecule has 0 bridgehead atoms. The number of benzene rings is 5. The van der Waals surface area contributed by atoms with E-state index in [-0.39, 0.29) is 0 Å². The third-order valence-corrected chi connectivity index (χ3v) is 6.93. The molecule has 0 saturated heterocycles. The van der Waals surface area contributed by atoms with Crippen LogP contribution in [0.5, 0.6) is 0 Å². The highest BCUT2D eigenvalue weighted by Gasteiger charge is 2.20. The van der Waals surface area contributed by atoms with Crippen molar-refractivity contribution in [2.24, 2.45) is 7.05 Å². The van der Waals surface area contributed by atoms with E-state index in [1.807, 2.05) is 0 Å². The molecule has 0 aliphatic rings. The molecule has 0 aliphatic carbocycles. The Balaban J connectivity index is 1.78. The van der Waals surface area contributed by atoms with Crippen molar-refractivity contribution in [3.05, 3.63) is 115 Å². The van der Waals surface area contributed by atoms with Crippen LogP contribution in [-0.4, -0.2) is 9.13 Å². The second-order valence-electron chi connectivity index (χ2n) is 8.67. The molecule has 33 heavy (non-hydrogen) atoms. The Bertz CT molecular complexity index is 1800. The zero-order chi connectivity index (χ0) is 21.9. The van der Waals surface area contributed by atoms with E-state index >= 15 is 0 Å². The Morgan fingerprint density at radius 1 is 0.485 bits per heavy atom. The monoisotopic (exact) mass is 422 g/mol. The van der Waals surface area contributed by atoms with Crippen LogP contribution in [-0.2, 0) is 7.05 Å². The summed E-state index contributed by atoms with van der Waals surface area (Å²) in [6, 6.07) is 41.5. The van der Waals surface area contributed by atoms with E-state index in [2.05, 4.69) is 131 Å². The first-order valence-corrected chi connectivity index (χ1v) is 11.4. The molecule has 2 aromatic heterocycles. The van der Waals surface area contributed by atoms with Gasteiger partial charge < -0.3 is 9.13 Å². The molecule has 0 aliphatic heterocycles. The average molecular weight is 423 g/mol. The van der Waals surface area contributed by atoms with Crippen molar-refractivity contribution in [2.45, 2.75) is 0 Å². The summed E-state index contributed by atoms with van der Waals surface area (Å²) in [4.78, 5) is 0. The molecule has 5 aromatic carbocycles. The number of aryl methyl sites for hydroxylation is 1. The first kappa shape index (κ1) is 18.3. The van der Waals surface area contributed by atoms with Crippen LogP contribution in [0.4, 0.5) is 0 Å². The van der Waals surface area contributed by atoms with E-state index in [0.29, 0.717) is 0 Å². The van der Waals surface area contributed by atoms with Gasteiger partial charge >= 0.3 is 0 Å². The molecule has 2 heteroatoms. The zero-order valence-electron chi connectivity index (χ0n) is 18.4. The summed E-state index contributed by atoms with van der Waals surface area (Å²) in [6.07, 6.45) is 0. The van der Waals surface area contributed by atoms with E-state index in [4.69, 9.17) is 0 Å². The Kier molecular flexibility index (Phi) is 3.80. The quantitative estimate of drug-likeness (QED) is 0.266. The number of aromatic nitrogens is 2. The lowest BCUT2D eigenvalue weighted by atomic mass is 9.98. The van der Waals surface area contributed by atoms with E-state index in [0.717, 1.165) is 0 Å². The highest BCUT2D eigenvalue weighted by Crippen LogP contribution is 2.43. The summed E-state index contributed by atoms with van der Waals surface area (Å²) < 4.78 is 4.78. The molecule has 0 unspecified atom stereocenters. The third-order valence-electron chi connectivity index (χ3n) is 6.93. The molecule has 0 N–H and O–H groups in total. The fourth-order valence-corrected chi connectivity index (χ4v) is 5.49. The van der Waals surface area contributed by atoms with Crippen LogP contribution < -0.4 is 0 Å². The minimum absolute atomic E-state index is 1.19. The smallest absolute Gasteiger partial charge is 0.0641 e. The lowest BCUT2D eigenvalue weighted by Crippen LogP contribution is -1.94. The third kappa shape index (κ3) is 2.49. The predicted octanol–water partition coefficient (Wildman–Crippen LogP) is 8.10. The van der Waals surface area contributed by atoms with Crippen LogP contribution >= 0.6 is 0 Å². The molecule has 7 aromatic rings. The maximum absolute atomic E-state index is 2.44. The maximum atomic E-state index is 2.44.